The molecule has 37 heavy (non-hydrogen) atoms. The van der Waals surface area contributed by atoms with Crippen LogP contribution in [0.25, 0.3) is 21.0 Å². The molecule has 2 aromatic heterocycles. The summed E-state index contributed by atoms with van der Waals surface area (Å²) >= 11 is 1.26. The first-order valence-electron chi connectivity index (χ1n) is 11.5. The minimum absolute atomic E-state index is 0.0431. The number of aliphatic hydroxyl groups is 1. The van der Waals surface area contributed by atoms with E-state index < -0.39 is 18.1 Å². The third-order valence-electron chi connectivity index (χ3n) is 6.24. The number of hydrogen-bond donors (Lipinski definition) is 4. The summed E-state index contributed by atoms with van der Waals surface area (Å²) in [7, 11) is 1.60. The second-order valence-corrected chi connectivity index (χ2v) is 9.81. The molecule has 9 nitrogen and oxygen atoms in total. The number of carbonyl (C=O) groups excluding carboxylic acids is 2. The lowest BCUT2D eigenvalue weighted by Crippen LogP contribution is -2.42. The second kappa shape index (κ2) is 10.7. The molecule has 0 aliphatic carbocycles. The molecule has 1 amide bonds. The number of aryl methyl sites for hydroxylation is 1. The Bertz CT molecular complexity index is 1530. The van der Waals surface area contributed by atoms with E-state index in [0.29, 0.717) is 39.3 Å². The molecule has 0 saturated carbocycles. The zero-order valence-electron chi connectivity index (χ0n) is 20.6. The first kappa shape index (κ1) is 26.4. The van der Waals surface area contributed by atoms with Crippen LogP contribution < -0.4 is 11.1 Å². The summed E-state index contributed by atoms with van der Waals surface area (Å²) in [4.78, 5) is 41.6. The predicted octanol–water partition coefficient (Wildman–Crippen LogP) is 3.67. The van der Waals surface area contributed by atoms with E-state index in [9.17, 15) is 19.5 Å². The van der Waals surface area contributed by atoms with Crippen molar-refractivity contribution < 1.29 is 29.3 Å². The van der Waals surface area contributed by atoms with Crippen LogP contribution in [0.2, 0.25) is 0 Å². The highest BCUT2D eigenvalue weighted by Crippen LogP contribution is 2.37. The number of ether oxygens (including phenoxy) is 1. The molecule has 0 aliphatic heterocycles. The summed E-state index contributed by atoms with van der Waals surface area (Å²) in [5.74, 6) is -1.37. The van der Waals surface area contributed by atoms with Gasteiger partial charge in [-0.25, -0.2) is 4.98 Å². The molecule has 0 radical (unpaired) electrons. The van der Waals surface area contributed by atoms with Gasteiger partial charge >= 0.3 is 5.97 Å². The van der Waals surface area contributed by atoms with Crippen LogP contribution in [-0.4, -0.2) is 52.1 Å². The van der Waals surface area contributed by atoms with Crippen LogP contribution in [0.5, 0.6) is 0 Å². The van der Waals surface area contributed by atoms with Gasteiger partial charge in [0.15, 0.2) is 5.78 Å². The summed E-state index contributed by atoms with van der Waals surface area (Å²) < 4.78 is 6.06. The highest BCUT2D eigenvalue weighted by Gasteiger charge is 2.24. The quantitative estimate of drug-likeness (QED) is 0.244. The fourth-order valence-electron chi connectivity index (χ4n) is 4.36. The molecule has 10 heteroatoms. The van der Waals surface area contributed by atoms with E-state index in [1.54, 1.807) is 43.5 Å². The number of benzene rings is 2. The van der Waals surface area contributed by atoms with Crippen LogP contribution in [0, 0.1) is 6.92 Å². The monoisotopic (exact) mass is 521 g/mol. The summed E-state index contributed by atoms with van der Waals surface area (Å²) in [5, 5.41) is 23.6. The van der Waals surface area contributed by atoms with Crippen molar-refractivity contribution in [2.75, 3.05) is 12.4 Å². The molecule has 192 valence electrons. The third kappa shape index (κ3) is 5.23. The highest BCUT2D eigenvalue weighted by atomic mass is 32.1. The zero-order valence-corrected chi connectivity index (χ0v) is 21.4. The number of pyridine rings is 1. The van der Waals surface area contributed by atoms with Crippen LogP contribution >= 0.6 is 11.3 Å². The Morgan fingerprint density at radius 3 is 2.57 bits per heavy atom. The Hall–Kier alpha value is -3.70. The summed E-state index contributed by atoms with van der Waals surface area (Å²) in [6, 6.07) is 10.9. The van der Waals surface area contributed by atoms with Gasteiger partial charge in [0.25, 0.3) is 5.91 Å². The molecule has 2 heterocycles. The summed E-state index contributed by atoms with van der Waals surface area (Å²) in [5.41, 5.74) is 9.02. The normalized spacial score (nSPS) is 13.0. The molecule has 0 bridgehead atoms. The van der Waals surface area contributed by atoms with Gasteiger partial charge in [0, 0.05) is 34.6 Å². The Labute approximate surface area is 216 Å². The predicted molar refractivity (Wildman–Crippen MR) is 142 cm³/mol. The molecule has 0 fully saturated rings. The number of fused-ring (bicyclic) bond motifs is 2. The van der Waals surface area contributed by atoms with Crippen molar-refractivity contribution in [1.29, 1.82) is 0 Å². The third-order valence-corrected chi connectivity index (χ3v) is 7.57. The molecule has 2 unspecified atom stereocenters. The number of ketones is 1. The van der Waals surface area contributed by atoms with Gasteiger partial charge in [-0.2, -0.15) is 0 Å². The molecule has 0 aliphatic rings. The van der Waals surface area contributed by atoms with Crippen LogP contribution in [-0.2, 0) is 22.6 Å². The van der Waals surface area contributed by atoms with Crippen molar-refractivity contribution in [1.82, 2.24) is 4.98 Å². The summed E-state index contributed by atoms with van der Waals surface area (Å²) in [6.45, 7) is 3.71. The van der Waals surface area contributed by atoms with E-state index in [1.807, 2.05) is 13.0 Å². The molecule has 4 aromatic rings. The number of aliphatic carboxylic acids is 1. The number of nitrogens with zero attached hydrogens (tertiary/aromatic N) is 1. The number of aromatic nitrogens is 1. The van der Waals surface area contributed by atoms with E-state index in [4.69, 9.17) is 15.6 Å². The lowest BCUT2D eigenvalue weighted by molar-refractivity contribution is -0.141. The number of rotatable bonds is 9. The molecule has 0 spiro atoms. The molecule has 0 saturated heterocycles. The van der Waals surface area contributed by atoms with Crippen molar-refractivity contribution in [3.63, 3.8) is 0 Å². The zero-order chi connectivity index (χ0) is 26.9. The Morgan fingerprint density at radius 1 is 1.14 bits per heavy atom. The summed E-state index contributed by atoms with van der Waals surface area (Å²) in [6.07, 6.45) is -1.22. The Morgan fingerprint density at radius 2 is 1.89 bits per heavy atom. The number of carboxylic acids is 1. The lowest BCUT2D eigenvalue weighted by atomic mass is 9.99. The smallest absolute Gasteiger partial charge is 0.323 e. The molecular weight excluding hydrogens is 494 g/mol. The van der Waals surface area contributed by atoms with Gasteiger partial charge in [-0.15, -0.1) is 11.3 Å². The lowest BCUT2D eigenvalue weighted by Gasteiger charge is -2.16. The first-order chi connectivity index (χ1) is 17.6. The van der Waals surface area contributed by atoms with Gasteiger partial charge in [-0.05, 0) is 54.8 Å². The minimum atomic E-state index is -1.40. The van der Waals surface area contributed by atoms with Gasteiger partial charge < -0.3 is 26.0 Å². The number of Topliss-reactive ketones (excluding diaryl/α,β-unsaturated/α-hetero) is 1. The number of methoxy groups -OCH3 is 1. The standard InChI is InChI=1S/C27H27N3O6S/c1-13-22-16(12-36-3)7-8-17(14(2)31)25(22)37-24(13)26(33)30-21-10-9-18-15(5-4-6-19(18)29-21)11-20(32)23(28)27(34)35/h4-10,20,23,32H,11-12,28H2,1-3H3,(H,34,35)(H,29,30,33). The molecule has 4 rings (SSSR count). The average molecular weight is 522 g/mol. The van der Waals surface area contributed by atoms with E-state index in [0.717, 1.165) is 21.2 Å². The highest BCUT2D eigenvalue weighted by molar-refractivity contribution is 7.21. The van der Waals surface area contributed by atoms with Crippen molar-refractivity contribution in [2.24, 2.45) is 5.73 Å². The number of hydrogen-bond acceptors (Lipinski definition) is 8. The number of anilines is 1. The minimum Gasteiger partial charge on any atom is -0.480 e. The maximum Gasteiger partial charge on any atom is 0.323 e. The van der Waals surface area contributed by atoms with Crippen molar-refractivity contribution >= 4 is 55.8 Å². The fraction of sp³-hybridized carbons (Fsp3) is 0.259. The van der Waals surface area contributed by atoms with E-state index in [1.165, 1.54) is 18.3 Å². The van der Waals surface area contributed by atoms with Gasteiger partial charge in [0.2, 0.25) is 0 Å². The molecule has 5 N–H and O–H groups in total. The van der Waals surface area contributed by atoms with Gasteiger partial charge in [0.1, 0.15) is 11.9 Å². The number of aliphatic hydroxyl groups excluding tert-OH is 1. The van der Waals surface area contributed by atoms with Crippen molar-refractivity contribution in [2.45, 2.75) is 39.0 Å². The van der Waals surface area contributed by atoms with Gasteiger partial charge in [-0.3, -0.25) is 14.4 Å². The Kier molecular flexibility index (Phi) is 7.65. The SMILES string of the molecule is COCc1ccc(C(C)=O)c2sc(C(=O)Nc3ccc4c(CC(O)C(N)C(=O)O)cccc4n3)c(C)c12. The number of carbonyl (C=O) groups is 3. The van der Waals surface area contributed by atoms with Gasteiger partial charge in [-0.1, -0.05) is 18.2 Å². The van der Waals surface area contributed by atoms with E-state index in [2.05, 4.69) is 10.3 Å². The number of amides is 1. The van der Waals surface area contributed by atoms with Crippen LogP contribution in [0.4, 0.5) is 5.82 Å². The topological polar surface area (TPSA) is 152 Å². The Balaban J connectivity index is 1.65. The van der Waals surface area contributed by atoms with Crippen molar-refractivity contribution in [3.05, 3.63) is 69.6 Å². The van der Waals surface area contributed by atoms with Gasteiger partial charge in [0.05, 0.1) is 23.1 Å². The van der Waals surface area contributed by atoms with E-state index >= 15 is 0 Å². The average Bonchev–Trinajstić information content (AvgIpc) is 3.21. The van der Waals surface area contributed by atoms with Crippen LogP contribution in [0.15, 0.2) is 42.5 Å². The molecular formula is C27H27N3O6S. The van der Waals surface area contributed by atoms with Crippen molar-refractivity contribution in [3.8, 4) is 0 Å². The number of nitrogens with two attached hydrogens (primary N) is 1. The second-order valence-electron chi connectivity index (χ2n) is 8.79. The van der Waals surface area contributed by atoms with Crippen LogP contribution in [0.1, 0.15) is 43.6 Å². The molecule has 2 aromatic carbocycles. The largest absolute Gasteiger partial charge is 0.480 e. The maximum absolute atomic E-state index is 13.3. The first-order valence-corrected chi connectivity index (χ1v) is 12.3. The molecule has 2 atom stereocenters. The number of nitrogens with one attached hydrogen (secondary N) is 1. The van der Waals surface area contributed by atoms with Crippen LogP contribution in [0.3, 0.4) is 0 Å². The number of thiophene rings is 1. The van der Waals surface area contributed by atoms with E-state index in [-0.39, 0.29) is 18.1 Å². The number of carboxylic acid groups (broad SMARTS) is 1. The fourth-order valence-corrected chi connectivity index (χ4v) is 5.67. The maximum atomic E-state index is 13.3.